The number of carbonyl (C=O) groups excluding carboxylic acids is 1. The Balaban J connectivity index is 1.72. The summed E-state index contributed by atoms with van der Waals surface area (Å²) in [5.41, 5.74) is 5.78. The summed E-state index contributed by atoms with van der Waals surface area (Å²) in [7, 11) is 0. The topological polar surface area (TPSA) is 46.9 Å². The molecule has 34 heavy (non-hydrogen) atoms. The van der Waals surface area contributed by atoms with Gasteiger partial charge in [-0.15, -0.1) is 0 Å². The van der Waals surface area contributed by atoms with Gasteiger partial charge in [0.15, 0.2) is 0 Å². The summed E-state index contributed by atoms with van der Waals surface area (Å²) in [5.74, 6) is 0.0681. The highest BCUT2D eigenvalue weighted by atomic mass is 19.1. The van der Waals surface area contributed by atoms with Crippen LogP contribution in [0.3, 0.4) is 0 Å². The monoisotopic (exact) mass is 461 g/mol. The number of nitrogens with one attached hydrogen (secondary N) is 1. The zero-order valence-corrected chi connectivity index (χ0v) is 19.7. The van der Waals surface area contributed by atoms with Gasteiger partial charge in [-0.2, -0.15) is 0 Å². The highest BCUT2D eigenvalue weighted by Gasteiger charge is 2.25. The van der Waals surface area contributed by atoms with Crippen LogP contribution in [0.4, 0.5) is 8.78 Å². The number of carbonyl (C=O) groups is 1. The van der Waals surface area contributed by atoms with Gasteiger partial charge < -0.3 is 9.88 Å². The molecule has 1 N–H and O–H groups in total. The van der Waals surface area contributed by atoms with Gasteiger partial charge in [0.2, 0.25) is 5.91 Å². The van der Waals surface area contributed by atoms with Gasteiger partial charge in [0.1, 0.15) is 23.5 Å². The third-order valence-corrected chi connectivity index (χ3v) is 6.21. The number of aryl methyl sites for hydroxylation is 2. The van der Waals surface area contributed by atoms with Crippen LogP contribution in [0.5, 0.6) is 0 Å². The molecule has 0 aliphatic carbocycles. The number of amides is 1. The van der Waals surface area contributed by atoms with Gasteiger partial charge >= 0.3 is 0 Å². The smallest absolute Gasteiger partial charge is 0.243 e. The highest BCUT2D eigenvalue weighted by molar-refractivity contribution is 5.85. The van der Waals surface area contributed by atoms with E-state index in [0.717, 1.165) is 45.5 Å². The van der Waals surface area contributed by atoms with E-state index in [0.29, 0.717) is 19.4 Å². The molecule has 6 heteroatoms. The van der Waals surface area contributed by atoms with E-state index in [-0.39, 0.29) is 17.5 Å². The predicted molar refractivity (Wildman–Crippen MR) is 131 cm³/mol. The Kier molecular flexibility index (Phi) is 7.06. The molecule has 1 atom stereocenters. The molecule has 0 spiro atoms. The first-order valence-electron chi connectivity index (χ1n) is 11.6. The van der Waals surface area contributed by atoms with Crippen molar-refractivity contribution in [2.24, 2.45) is 0 Å². The summed E-state index contributed by atoms with van der Waals surface area (Å²) < 4.78 is 28.7. The molecule has 4 rings (SSSR count). The van der Waals surface area contributed by atoms with Crippen molar-refractivity contribution in [2.45, 2.75) is 52.6 Å². The zero-order valence-electron chi connectivity index (χ0n) is 19.7. The molecule has 1 amide bonds. The third-order valence-electron chi connectivity index (χ3n) is 6.21. The lowest BCUT2D eigenvalue weighted by molar-refractivity contribution is -0.124. The van der Waals surface area contributed by atoms with Crippen molar-refractivity contribution in [3.63, 3.8) is 0 Å². The Bertz CT molecular complexity index is 1290. The van der Waals surface area contributed by atoms with Crippen molar-refractivity contribution in [1.29, 1.82) is 0 Å². The van der Waals surface area contributed by atoms with Crippen LogP contribution in [0, 0.1) is 25.5 Å². The van der Waals surface area contributed by atoms with Crippen molar-refractivity contribution in [3.8, 4) is 0 Å². The molecule has 0 radical (unpaired) electrons. The minimum Gasteiger partial charge on any atom is -0.350 e. The van der Waals surface area contributed by atoms with E-state index in [1.165, 1.54) is 24.3 Å². The molecule has 4 aromatic rings. The molecule has 0 aliphatic heterocycles. The van der Waals surface area contributed by atoms with E-state index in [9.17, 15) is 13.6 Å². The van der Waals surface area contributed by atoms with Gasteiger partial charge in [-0.25, -0.2) is 13.8 Å². The molecule has 4 nitrogen and oxygen atoms in total. The lowest BCUT2D eigenvalue weighted by Crippen LogP contribution is -2.33. The fourth-order valence-corrected chi connectivity index (χ4v) is 4.22. The van der Waals surface area contributed by atoms with E-state index in [1.807, 2.05) is 11.5 Å². The van der Waals surface area contributed by atoms with Crippen LogP contribution in [0.25, 0.3) is 11.0 Å². The lowest BCUT2D eigenvalue weighted by atomic mass is 10.1. The Morgan fingerprint density at radius 3 is 2.15 bits per heavy atom. The summed E-state index contributed by atoms with van der Waals surface area (Å²) in [6, 6.07) is 16.2. The summed E-state index contributed by atoms with van der Waals surface area (Å²) in [6.45, 7) is 6.47. The van der Waals surface area contributed by atoms with Crippen LogP contribution in [-0.4, -0.2) is 15.5 Å². The van der Waals surface area contributed by atoms with Crippen LogP contribution in [-0.2, 0) is 17.8 Å². The number of hydrogen-bond donors (Lipinski definition) is 1. The maximum atomic E-state index is 13.4. The number of fused-ring (bicyclic) bond motifs is 1. The second-order valence-electron chi connectivity index (χ2n) is 8.78. The normalized spacial score (nSPS) is 12.1. The van der Waals surface area contributed by atoms with Gasteiger partial charge in [0, 0.05) is 13.0 Å². The van der Waals surface area contributed by atoms with Crippen molar-refractivity contribution in [3.05, 3.63) is 100 Å². The van der Waals surface area contributed by atoms with Crippen LogP contribution < -0.4 is 5.32 Å². The Hall–Kier alpha value is -3.54. The molecule has 0 unspecified atom stereocenters. The fraction of sp³-hybridized carbons (Fsp3) is 0.286. The SMILES string of the molecule is CCC[C@@H](C(=O)NCc1ccc(F)cc1)n1c(Cc2ccc(F)cc2)nc2cc(C)c(C)cc21. The van der Waals surface area contributed by atoms with Gasteiger partial charge in [-0.05, 0) is 78.9 Å². The molecule has 0 aliphatic rings. The standard InChI is InChI=1S/C28H29F2N3O/c1-4-5-25(28(34)31-17-21-8-12-23(30)13-9-21)33-26-15-19(3)18(2)14-24(26)32-27(33)16-20-6-10-22(29)11-7-20/h6-15,25H,4-5,16-17H2,1-3H3,(H,31,34)/t25-/m0/s1. The molecular weight excluding hydrogens is 432 g/mol. The van der Waals surface area contributed by atoms with Crippen molar-refractivity contribution in [1.82, 2.24) is 14.9 Å². The summed E-state index contributed by atoms with van der Waals surface area (Å²) in [4.78, 5) is 18.3. The molecule has 0 saturated heterocycles. The third kappa shape index (κ3) is 5.16. The number of rotatable bonds is 8. The number of halogens is 2. The average Bonchev–Trinajstić information content (AvgIpc) is 3.14. The number of imidazole rings is 1. The molecule has 3 aromatic carbocycles. The van der Waals surface area contributed by atoms with Crippen molar-refractivity contribution >= 4 is 16.9 Å². The molecule has 1 aromatic heterocycles. The first-order chi connectivity index (χ1) is 16.4. The van der Waals surface area contributed by atoms with Crippen LogP contribution in [0.1, 0.15) is 53.9 Å². The van der Waals surface area contributed by atoms with Crippen molar-refractivity contribution in [2.75, 3.05) is 0 Å². The predicted octanol–water partition coefficient (Wildman–Crippen LogP) is 6.18. The number of benzene rings is 3. The van der Waals surface area contributed by atoms with Gasteiger partial charge in [-0.1, -0.05) is 37.6 Å². The summed E-state index contributed by atoms with van der Waals surface area (Å²) in [5, 5.41) is 3.02. The number of hydrogen-bond acceptors (Lipinski definition) is 2. The first kappa shape index (κ1) is 23.6. The van der Waals surface area contributed by atoms with Crippen LogP contribution in [0.2, 0.25) is 0 Å². The molecule has 1 heterocycles. The molecule has 0 fully saturated rings. The quantitative estimate of drug-likeness (QED) is 0.341. The molecule has 176 valence electrons. The average molecular weight is 462 g/mol. The second kappa shape index (κ2) is 10.2. The second-order valence-corrected chi connectivity index (χ2v) is 8.78. The summed E-state index contributed by atoms with van der Waals surface area (Å²) in [6.07, 6.45) is 1.94. The minimum absolute atomic E-state index is 0.107. The maximum absolute atomic E-state index is 13.4. The van der Waals surface area contributed by atoms with Gasteiger partial charge in [0.25, 0.3) is 0 Å². The van der Waals surface area contributed by atoms with Crippen LogP contribution >= 0.6 is 0 Å². The highest BCUT2D eigenvalue weighted by Crippen LogP contribution is 2.28. The van der Waals surface area contributed by atoms with Crippen LogP contribution in [0.15, 0.2) is 60.7 Å². The molecule has 0 saturated carbocycles. The van der Waals surface area contributed by atoms with Gasteiger partial charge in [-0.3, -0.25) is 4.79 Å². The Labute approximate surface area is 198 Å². The fourth-order valence-electron chi connectivity index (χ4n) is 4.22. The van der Waals surface area contributed by atoms with E-state index < -0.39 is 6.04 Å². The number of nitrogens with zero attached hydrogens (tertiary/aromatic N) is 2. The van der Waals surface area contributed by atoms with Gasteiger partial charge in [0.05, 0.1) is 11.0 Å². The van der Waals surface area contributed by atoms with E-state index in [1.54, 1.807) is 24.3 Å². The van der Waals surface area contributed by atoms with E-state index >= 15 is 0 Å². The first-order valence-corrected chi connectivity index (χ1v) is 11.6. The zero-order chi connectivity index (χ0) is 24.2. The largest absolute Gasteiger partial charge is 0.350 e. The lowest BCUT2D eigenvalue weighted by Gasteiger charge is -2.21. The Morgan fingerprint density at radius 2 is 1.53 bits per heavy atom. The van der Waals surface area contributed by atoms with Crippen molar-refractivity contribution < 1.29 is 13.6 Å². The Morgan fingerprint density at radius 1 is 0.941 bits per heavy atom. The maximum Gasteiger partial charge on any atom is 0.243 e. The summed E-state index contributed by atoms with van der Waals surface area (Å²) >= 11 is 0. The molecular formula is C28H29F2N3O. The minimum atomic E-state index is -0.451. The molecule has 0 bridgehead atoms. The van der Waals surface area contributed by atoms with E-state index in [4.69, 9.17) is 4.98 Å². The number of aromatic nitrogens is 2. The van der Waals surface area contributed by atoms with E-state index in [2.05, 4.69) is 31.3 Å².